The van der Waals surface area contributed by atoms with Gasteiger partial charge in [0.1, 0.15) is 17.3 Å². The van der Waals surface area contributed by atoms with Crippen molar-refractivity contribution in [2.24, 2.45) is 4.99 Å². The van der Waals surface area contributed by atoms with Crippen molar-refractivity contribution in [3.8, 4) is 11.5 Å². The minimum absolute atomic E-state index is 0.0585. The predicted octanol–water partition coefficient (Wildman–Crippen LogP) is 6.91. The molecule has 46 heavy (non-hydrogen) atoms. The number of ether oxygens (including phenoxy) is 3. The van der Waals surface area contributed by atoms with Crippen LogP contribution in [0.25, 0.3) is 0 Å². The summed E-state index contributed by atoms with van der Waals surface area (Å²) >= 11 is 5.33. The Morgan fingerprint density at radius 3 is 2.57 bits per heavy atom. The number of methoxy groups -OCH3 is 1. The third-order valence-corrected chi connectivity index (χ3v) is 9.36. The number of aliphatic imine (C=N–C) groups is 1. The van der Waals surface area contributed by atoms with Crippen molar-refractivity contribution in [1.29, 1.82) is 0 Å². The number of nitrogens with one attached hydrogen (secondary N) is 1. The number of hydrogen-bond acceptors (Lipinski definition) is 7. The molecule has 0 aromatic heterocycles. The maximum absolute atomic E-state index is 14.4. The lowest BCUT2D eigenvalue weighted by molar-refractivity contribution is -0.128. The van der Waals surface area contributed by atoms with Gasteiger partial charge < -0.3 is 24.6 Å². The Bertz CT molecular complexity index is 1640. The Morgan fingerprint density at radius 2 is 1.83 bits per heavy atom. The highest BCUT2D eigenvalue weighted by molar-refractivity contribution is 9.10. The molecule has 4 aromatic carbocycles. The fraction of sp³-hybridized carbons (Fsp3) is 0.278. The molecule has 1 aliphatic rings. The van der Waals surface area contributed by atoms with Gasteiger partial charge >= 0.3 is 0 Å². The van der Waals surface area contributed by atoms with Crippen LogP contribution in [-0.2, 0) is 21.7 Å². The molecule has 1 amide bonds. The van der Waals surface area contributed by atoms with Gasteiger partial charge in [0.2, 0.25) is 5.90 Å². The molecule has 0 spiro atoms. The summed E-state index contributed by atoms with van der Waals surface area (Å²) in [6.07, 6.45) is 0.0607. The van der Waals surface area contributed by atoms with Crippen molar-refractivity contribution in [1.82, 2.24) is 5.32 Å². The van der Waals surface area contributed by atoms with Crippen LogP contribution in [-0.4, -0.2) is 55.1 Å². The molecule has 4 aromatic rings. The lowest BCUT2D eigenvalue weighted by Crippen LogP contribution is -2.50. The maximum atomic E-state index is 14.4. The molecule has 1 aliphatic heterocycles. The number of halogens is 2. The molecule has 2 N–H and O–H groups in total. The normalized spacial score (nSPS) is 17.2. The second-order valence-electron chi connectivity index (χ2n) is 10.8. The fourth-order valence-electron chi connectivity index (χ4n) is 5.18. The van der Waals surface area contributed by atoms with Gasteiger partial charge in [-0.05, 0) is 71.3 Å². The monoisotopic (exact) mass is 706 g/mol. The fourth-order valence-corrected chi connectivity index (χ4v) is 6.42. The number of hydrogen-bond donors (Lipinski definition) is 2. The number of carbonyl (C=O) groups is 1. The Labute approximate surface area is 281 Å². The molecule has 1 heterocycles. The van der Waals surface area contributed by atoms with Crippen LogP contribution in [0.3, 0.4) is 0 Å². The zero-order valence-corrected chi connectivity index (χ0v) is 27.9. The summed E-state index contributed by atoms with van der Waals surface area (Å²) in [7, 11) is 1.60. The molecule has 5 rings (SSSR count). The van der Waals surface area contributed by atoms with Crippen molar-refractivity contribution in [2.75, 3.05) is 32.6 Å². The topological polar surface area (TPSA) is 89.4 Å². The molecule has 0 saturated carbocycles. The predicted molar refractivity (Wildman–Crippen MR) is 183 cm³/mol. The van der Waals surface area contributed by atoms with E-state index in [9.17, 15) is 9.18 Å². The Balaban J connectivity index is 1.45. The quantitative estimate of drug-likeness (QED) is 0.131. The number of benzene rings is 4. The van der Waals surface area contributed by atoms with E-state index in [1.165, 1.54) is 12.1 Å². The molecule has 0 radical (unpaired) electrons. The minimum atomic E-state index is -1.34. The highest BCUT2D eigenvalue weighted by Crippen LogP contribution is 2.44. The molecule has 0 saturated heterocycles. The highest BCUT2D eigenvalue weighted by atomic mass is 79.9. The van der Waals surface area contributed by atoms with E-state index < -0.39 is 11.6 Å². The minimum Gasteiger partial charge on any atom is -0.497 e. The first-order valence-electron chi connectivity index (χ1n) is 15.0. The molecule has 7 nitrogen and oxygen atoms in total. The summed E-state index contributed by atoms with van der Waals surface area (Å²) in [6.45, 7) is 0.879. The molecular weight excluding hydrogens is 671 g/mol. The molecule has 0 fully saturated rings. The largest absolute Gasteiger partial charge is 0.497 e. The van der Waals surface area contributed by atoms with E-state index >= 15 is 0 Å². The second-order valence-corrected chi connectivity index (χ2v) is 12.7. The third-order valence-electron chi connectivity index (χ3n) is 7.56. The van der Waals surface area contributed by atoms with Gasteiger partial charge in [-0.1, -0.05) is 58.4 Å². The number of nitrogens with zero attached hydrogens (tertiary/aromatic N) is 1. The maximum Gasteiger partial charge on any atom is 0.252 e. The van der Waals surface area contributed by atoms with Crippen molar-refractivity contribution in [3.63, 3.8) is 0 Å². The van der Waals surface area contributed by atoms with E-state index in [-0.39, 0.29) is 24.8 Å². The van der Waals surface area contributed by atoms with E-state index in [0.717, 1.165) is 21.2 Å². The smallest absolute Gasteiger partial charge is 0.252 e. The van der Waals surface area contributed by atoms with Crippen LogP contribution in [0, 0.1) is 5.82 Å². The summed E-state index contributed by atoms with van der Waals surface area (Å²) in [6, 6.07) is 29.1. The van der Waals surface area contributed by atoms with Gasteiger partial charge in [0.15, 0.2) is 11.6 Å². The summed E-state index contributed by atoms with van der Waals surface area (Å²) in [4.78, 5) is 19.5. The standard InChI is InChI=1S/C36H36BrFN2O5S/c1-43-31-8-4-7-27(22-31)33-36(23-28-6-2-3-9-32(28)37,35(42)39-18-21-46-24-25-10-14-29(38)15-11-25)40-34(45-33)26-12-16-30(17-13-26)44-20-5-19-41/h2-4,6-17,22,33,41H,5,18-21,23-24H2,1H3,(H,39,42)/t33-,36-/m1/s1. The molecule has 2 atom stereocenters. The van der Waals surface area contributed by atoms with E-state index in [1.807, 2.05) is 72.8 Å². The third kappa shape index (κ3) is 8.29. The Morgan fingerprint density at radius 1 is 1.04 bits per heavy atom. The number of aliphatic hydroxyl groups is 1. The van der Waals surface area contributed by atoms with E-state index in [2.05, 4.69) is 21.2 Å². The van der Waals surface area contributed by atoms with Crippen LogP contribution in [0.5, 0.6) is 11.5 Å². The summed E-state index contributed by atoms with van der Waals surface area (Å²) in [5.74, 6) is 2.51. The lowest BCUT2D eigenvalue weighted by atomic mass is 9.82. The first kappa shape index (κ1) is 33.5. The Hall–Kier alpha value is -3.86. The highest BCUT2D eigenvalue weighted by Gasteiger charge is 2.53. The van der Waals surface area contributed by atoms with Crippen molar-refractivity contribution in [2.45, 2.75) is 30.2 Å². The van der Waals surface area contributed by atoms with E-state index in [1.54, 1.807) is 31.0 Å². The van der Waals surface area contributed by atoms with Crippen LogP contribution < -0.4 is 14.8 Å². The average Bonchev–Trinajstić information content (AvgIpc) is 3.47. The first-order chi connectivity index (χ1) is 22.4. The zero-order valence-electron chi connectivity index (χ0n) is 25.5. The van der Waals surface area contributed by atoms with Crippen LogP contribution in [0.1, 0.15) is 34.8 Å². The van der Waals surface area contributed by atoms with Gasteiger partial charge in [0.25, 0.3) is 5.91 Å². The van der Waals surface area contributed by atoms with Crippen LogP contribution >= 0.6 is 27.7 Å². The van der Waals surface area contributed by atoms with Crippen molar-refractivity contribution in [3.05, 3.63) is 130 Å². The summed E-state index contributed by atoms with van der Waals surface area (Å²) < 4.78 is 32.0. The number of amides is 1. The van der Waals surface area contributed by atoms with Crippen molar-refractivity contribution < 1.29 is 28.5 Å². The number of aliphatic hydroxyl groups excluding tert-OH is 1. The van der Waals surface area contributed by atoms with Gasteiger partial charge in [-0.2, -0.15) is 11.8 Å². The summed E-state index contributed by atoms with van der Waals surface area (Å²) in [5.41, 5.74) is 2.06. The van der Waals surface area contributed by atoms with Crippen LogP contribution in [0.15, 0.2) is 107 Å². The number of carbonyl (C=O) groups excluding carboxylic acids is 1. The van der Waals surface area contributed by atoms with Crippen LogP contribution in [0.4, 0.5) is 4.39 Å². The average molecular weight is 708 g/mol. The molecule has 0 unspecified atom stereocenters. The van der Waals surface area contributed by atoms with Crippen LogP contribution in [0.2, 0.25) is 0 Å². The van der Waals surface area contributed by atoms with Crippen molar-refractivity contribution >= 4 is 39.5 Å². The SMILES string of the molecule is COc1cccc([C@H]2OC(c3ccc(OCCCO)cc3)=N[C@@]2(Cc2ccccc2Br)C(=O)NCCSCc2ccc(F)cc2)c1. The number of thioether (sulfide) groups is 1. The number of rotatable bonds is 15. The summed E-state index contributed by atoms with van der Waals surface area (Å²) in [5, 5.41) is 12.2. The Kier molecular flexibility index (Phi) is 11.7. The molecule has 10 heteroatoms. The lowest BCUT2D eigenvalue weighted by Gasteiger charge is -2.31. The van der Waals surface area contributed by atoms with E-state index in [0.29, 0.717) is 54.0 Å². The molecule has 0 aliphatic carbocycles. The van der Waals surface area contributed by atoms with Gasteiger partial charge in [-0.3, -0.25) is 4.79 Å². The first-order valence-corrected chi connectivity index (χ1v) is 16.9. The van der Waals surface area contributed by atoms with E-state index in [4.69, 9.17) is 24.3 Å². The molecule has 240 valence electrons. The zero-order chi connectivity index (χ0) is 32.4. The van der Waals surface area contributed by atoms with Gasteiger partial charge in [0.05, 0.1) is 13.7 Å². The second kappa shape index (κ2) is 16.1. The van der Waals surface area contributed by atoms with Gasteiger partial charge in [-0.15, -0.1) is 0 Å². The van der Waals surface area contributed by atoms with Gasteiger partial charge in [-0.25, -0.2) is 9.38 Å². The molecular formula is C36H36BrFN2O5S. The molecule has 0 bridgehead atoms. The van der Waals surface area contributed by atoms with Gasteiger partial charge in [0, 0.05) is 47.5 Å².